The number of aliphatic carboxylic acids is 1. The number of ether oxygens (including phenoxy) is 1. The number of carboxylic acid groups (broad SMARTS) is 1. The fourth-order valence-electron chi connectivity index (χ4n) is 1.79. The summed E-state index contributed by atoms with van der Waals surface area (Å²) in [4.78, 5) is 23.2. The summed E-state index contributed by atoms with van der Waals surface area (Å²) < 4.78 is 5.45. The second kappa shape index (κ2) is 8.92. The van der Waals surface area contributed by atoms with Gasteiger partial charge in [0.1, 0.15) is 5.75 Å². The SMILES string of the molecule is C=CCNC(CC(=O)O)C(=O)c1ccc(OCCC)cc1. The predicted molar refractivity (Wildman–Crippen MR) is 80.8 cm³/mol. The van der Waals surface area contributed by atoms with Crippen molar-refractivity contribution >= 4 is 11.8 Å². The summed E-state index contributed by atoms with van der Waals surface area (Å²) in [5, 5.41) is 11.8. The molecular weight excluding hydrogens is 270 g/mol. The molecule has 0 spiro atoms. The Morgan fingerprint density at radius 1 is 1.38 bits per heavy atom. The molecule has 0 aliphatic rings. The van der Waals surface area contributed by atoms with Crippen LogP contribution in [0.2, 0.25) is 0 Å². The quantitative estimate of drug-likeness (QED) is 0.511. The normalized spacial score (nSPS) is 11.7. The van der Waals surface area contributed by atoms with Gasteiger partial charge in [-0.1, -0.05) is 13.0 Å². The molecule has 0 bridgehead atoms. The Hall–Kier alpha value is -2.14. The highest BCUT2D eigenvalue weighted by Gasteiger charge is 2.22. The number of rotatable bonds is 10. The molecule has 1 rings (SSSR count). The first-order valence-electron chi connectivity index (χ1n) is 6.91. The van der Waals surface area contributed by atoms with Crippen molar-refractivity contribution in [2.75, 3.05) is 13.2 Å². The fourth-order valence-corrected chi connectivity index (χ4v) is 1.79. The van der Waals surface area contributed by atoms with Crippen molar-refractivity contribution in [3.8, 4) is 5.75 Å². The van der Waals surface area contributed by atoms with E-state index in [0.717, 1.165) is 6.42 Å². The van der Waals surface area contributed by atoms with Crippen molar-refractivity contribution in [1.29, 1.82) is 0 Å². The Morgan fingerprint density at radius 3 is 2.57 bits per heavy atom. The van der Waals surface area contributed by atoms with E-state index in [0.29, 0.717) is 24.5 Å². The topological polar surface area (TPSA) is 75.6 Å². The molecule has 0 aliphatic carbocycles. The van der Waals surface area contributed by atoms with E-state index in [4.69, 9.17) is 9.84 Å². The minimum atomic E-state index is -1.02. The lowest BCUT2D eigenvalue weighted by atomic mass is 10.0. The molecule has 0 radical (unpaired) electrons. The van der Waals surface area contributed by atoms with Crippen LogP contribution < -0.4 is 10.1 Å². The molecule has 21 heavy (non-hydrogen) atoms. The van der Waals surface area contributed by atoms with Crippen LogP contribution in [0.15, 0.2) is 36.9 Å². The Kier molecular flexibility index (Phi) is 7.18. The van der Waals surface area contributed by atoms with Gasteiger partial charge in [-0.15, -0.1) is 6.58 Å². The van der Waals surface area contributed by atoms with Gasteiger partial charge >= 0.3 is 5.97 Å². The van der Waals surface area contributed by atoms with Crippen molar-refractivity contribution in [3.63, 3.8) is 0 Å². The molecule has 1 atom stereocenters. The van der Waals surface area contributed by atoms with Gasteiger partial charge < -0.3 is 15.2 Å². The van der Waals surface area contributed by atoms with E-state index < -0.39 is 12.0 Å². The summed E-state index contributed by atoms with van der Waals surface area (Å²) in [7, 11) is 0. The number of Topliss-reactive ketones (excluding diaryl/α,β-unsaturated/α-hetero) is 1. The standard InChI is InChI=1S/C16H21NO4/c1-3-9-17-14(11-15(18)19)16(20)12-5-7-13(8-6-12)21-10-4-2/h3,5-8,14,17H,1,4,9-11H2,2H3,(H,18,19). The summed E-state index contributed by atoms with van der Waals surface area (Å²) in [6.07, 6.45) is 2.23. The highest BCUT2D eigenvalue weighted by molar-refractivity contribution is 6.01. The van der Waals surface area contributed by atoms with Gasteiger partial charge in [0, 0.05) is 12.1 Å². The first-order valence-corrected chi connectivity index (χ1v) is 6.91. The van der Waals surface area contributed by atoms with Gasteiger partial charge in [-0.05, 0) is 30.7 Å². The van der Waals surface area contributed by atoms with Crippen LogP contribution in [0.4, 0.5) is 0 Å². The average Bonchev–Trinajstić information content (AvgIpc) is 2.49. The van der Waals surface area contributed by atoms with Crippen LogP contribution in [-0.4, -0.2) is 36.1 Å². The Bertz CT molecular complexity index is 482. The minimum Gasteiger partial charge on any atom is -0.494 e. The summed E-state index contributed by atoms with van der Waals surface area (Å²) in [6.45, 7) is 6.56. The van der Waals surface area contributed by atoms with Crippen LogP contribution in [0.5, 0.6) is 5.75 Å². The van der Waals surface area contributed by atoms with Crippen molar-refractivity contribution < 1.29 is 19.4 Å². The lowest BCUT2D eigenvalue weighted by molar-refractivity contribution is -0.137. The van der Waals surface area contributed by atoms with Gasteiger partial charge in [-0.3, -0.25) is 9.59 Å². The smallest absolute Gasteiger partial charge is 0.305 e. The molecule has 5 heteroatoms. The highest BCUT2D eigenvalue weighted by atomic mass is 16.5. The van der Waals surface area contributed by atoms with E-state index in [1.807, 2.05) is 6.92 Å². The second-order valence-electron chi connectivity index (χ2n) is 4.58. The maximum absolute atomic E-state index is 12.3. The molecule has 0 fully saturated rings. The third-order valence-electron chi connectivity index (χ3n) is 2.82. The molecule has 1 unspecified atom stereocenters. The number of ketones is 1. The number of carbonyl (C=O) groups excluding carboxylic acids is 1. The maximum Gasteiger partial charge on any atom is 0.305 e. The molecule has 0 heterocycles. The molecule has 1 aromatic rings. The zero-order valence-electron chi connectivity index (χ0n) is 12.2. The van der Waals surface area contributed by atoms with Crippen molar-refractivity contribution in [2.24, 2.45) is 0 Å². The first-order chi connectivity index (χ1) is 10.1. The van der Waals surface area contributed by atoms with Gasteiger partial charge in [0.15, 0.2) is 5.78 Å². The van der Waals surface area contributed by atoms with E-state index in [1.54, 1.807) is 30.3 Å². The number of carboxylic acids is 1. The molecule has 114 valence electrons. The van der Waals surface area contributed by atoms with Gasteiger partial charge in [-0.25, -0.2) is 0 Å². The predicted octanol–water partition coefficient (Wildman–Crippen LogP) is 2.28. The minimum absolute atomic E-state index is 0.249. The van der Waals surface area contributed by atoms with Gasteiger partial charge in [0.05, 0.1) is 19.1 Å². The van der Waals surface area contributed by atoms with Crippen LogP contribution in [0, 0.1) is 0 Å². The van der Waals surface area contributed by atoms with Crippen molar-refractivity contribution in [1.82, 2.24) is 5.32 Å². The summed E-state index contributed by atoms with van der Waals surface area (Å²) in [5.74, 6) is -0.573. The van der Waals surface area contributed by atoms with E-state index in [-0.39, 0.29) is 12.2 Å². The van der Waals surface area contributed by atoms with Gasteiger partial charge in [0.25, 0.3) is 0 Å². The molecule has 2 N–H and O–H groups in total. The van der Waals surface area contributed by atoms with Gasteiger partial charge in [-0.2, -0.15) is 0 Å². The fraction of sp³-hybridized carbons (Fsp3) is 0.375. The van der Waals surface area contributed by atoms with Crippen LogP contribution >= 0.6 is 0 Å². The molecule has 1 aromatic carbocycles. The van der Waals surface area contributed by atoms with E-state index in [9.17, 15) is 9.59 Å². The van der Waals surface area contributed by atoms with Crippen LogP contribution in [-0.2, 0) is 4.79 Å². The third-order valence-corrected chi connectivity index (χ3v) is 2.82. The Morgan fingerprint density at radius 2 is 2.05 bits per heavy atom. The molecule has 0 amide bonds. The first kappa shape index (κ1) is 16.9. The van der Waals surface area contributed by atoms with Crippen molar-refractivity contribution in [2.45, 2.75) is 25.8 Å². The zero-order valence-corrected chi connectivity index (χ0v) is 12.2. The highest BCUT2D eigenvalue weighted by Crippen LogP contribution is 2.14. The summed E-state index contributed by atoms with van der Waals surface area (Å²) in [6, 6.07) is 5.97. The van der Waals surface area contributed by atoms with Gasteiger partial charge in [0.2, 0.25) is 0 Å². The zero-order chi connectivity index (χ0) is 15.7. The number of hydrogen-bond acceptors (Lipinski definition) is 4. The molecule has 0 aliphatic heterocycles. The number of hydrogen-bond donors (Lipinski definition) is 2. The number of carbonyl (C=O) groups is 2. The second-order valence-corrected chi connectivity index (χ2v) is 4.58. The molecular formula is C16H21NO4. The molecule has 5 nitrogen and oxygen atoms in total. The summed E-state index contributed by atoms with van der Waals surface area (Å²) >= 11 is 0. The Labute approximate surface area is 124 Å². The van der Waals surface area contributed by atoms with E-state index in [1.165, 1.54) is 0 Å². The molecule has 0 aromatic heterocycles. The largest absolute Gasteiger partial charge is 0.494 e. The molecule has 0 saturated carbocycles. The average molecular weight is 291 g/mol. The lowest BCUT2D eigenvalue weighted by Gasteiger charge is -2.15. The number of benzene rings is 1. The monoisotopic (exact) mass is 291 g/mol. The Balaban J connectivity index is 2.77. The third kappa shape index (κ3) is 5.79. The van der Waals surface area contributed by atoms with Crippen LogP contribution in [0.3, 0.4) is 0 Å². The maximum atomic E-state index is 12.3. The summed E-state index contributed by atoms with van der Waals surface area (Å²) in [5.41, 5.74) is 0.460. The van der Waals surface area contributed by atoms with E-state index in [2.05, 4.69) is 11.9 Å². The van der Waals surface area contributed by atoms with E-state index >= 15 is 0 Å². The van der Waals surface area contributed by atoms with Crippen molar-refractivity contribution in [3.05, 3.63) is 42.5 Å². The lowest BCUT2D eigenvalue weighted by Crippen LogP contribution is -2.38. The van der Waals surface area contributed by atoms with Crippen LogP contribution in [0.1, 0.15) is 30.1 Å². The number of nitrogens with one attached hydrogen (secondary N) is 1. The van der Waals surface area contributed by atoms with Crippen LogP contribution in [0.25, 0.3) is 0 Å². The molecule has 0 saturated heterocycles.